The van der Waals surface area contributed by atoms with Crippen LogP contribution in [0.15, 0.2) is 0 Å². The number of nitrogens with one attached hydrogen (secondary N) is 1. The van der Waals surface area contributed by atoms with Crippen molar-refractivity contribution >= 4 is 9.84 Å². The van der Waals surface area contributed by atoms with Gasteiger partial charge in [0.25, 0.3) is 0 Å². The van der Waals surface area contributed by atoms with Crippen molar-refractivity contribution in [3.8, 4) is 0 Å². The van der Waals surface area contributed by atoms with Crippen LogP contribution in [0, 0.1) is 5.92 Å². The van der Waals surface area contributed by atoms with E-state index in [-0.39, 0.29) is 5.75 Å². The molecule has 0 aliphatic rings. The molecule has 0 saturated heterocycles. The van der Waals surface area contributed by atoms with Crippen molar-refractivity contribution in [3.05, 3.63) is 0 Å². The Kier molecular flexibility index (Phi) is 6.36. The molecule has 1 atom stereocenters. The van der Waals surface area contributed by atoms with Crippen molar-refractivity contribution in [2.24, 2.45) is 5.92 Å². The normalized spacial score (nSPS) is 14.6. The van der Waals surface area contributed by atoms with Crippen LogP contribution in [0.25, 0.3) is 0 Å². The molecule has 0 aromatic heterocycles. The van der Waals surface area contributed by atoms with E-state index >= 15 is 0 Å². The molecule has 0 spiro atoms. The molecule has 86 valence electrons. The zero-order chi connectivity index (χ0) is 11.2. The van der Waals surface area contributed by atoms with Gasteiger partial charge in [-0.3, -0.25) is 0 Å². The van der Waals surface area contributed by atoms with Gasteiger partial charge in [0.05, 0.1) is 5.75 Å². The van der Waals surface area contributed by atoms with Crippen LogP contribution in [-0.2, 0) is 9.84 Å². The van der Waals surface area contributed by atoms with E-state index in [1.165, 1.54) is 0 Å². The Morgan fingerprint density at radius 2 is 1.79 bits per heavy atom. The molecule has 3 nitrogen and oxygen atoms in total. The minimum atomic E-state index is -2.78. The number of hydrogen-bond donors (Lipinski definition) is 1. The first-order chi connectivity index (χ1) is 6.39. The van der Waals surface area contributed by atoms with Crippen LogP contribution >= 0.6 is 0 Å². The van der Waals surface area contributed by atoms with Gasteiger partial charge in [0, 0.05) is 11.8 Å². The summed E-state index contributed by atoms with van der Waals surface area (Å²) in [5.74, 6) is 1.16. The van der Waals surface area contributed by atoms with Crippen LogP contribution in [0.2, 0.25) is 0 Å². The lowest BCUT2D eigenvalue weighted by Gasteiger charge is -2.17. The lowest BCUT2D eigenvalue weighted by atomic mass is 10.1. The van der Waals surface area contributed by atoms with Crippen molar-refractivity contribution < 1.29 is 8.42 Å². The summed E-state index contributed by atoms with van der Waals surface area (Å²) in [7, 11) is -2.78. The summed E-state index contributed by atoms with van der Waals surface area (Å²) in [6.07, 6.45) is 0.716. The molecule has 0 aliphatic carbocycles. The summed E-state index contributed by atoms with van der Waals surface area (Å²) < 4.78 is 22.3. The van der Waals surface area contributed by atoms with Crippen LogP contribution in [0.1, 0.15) is 34.1 Å². The molecule has 0 aromatic carbocycles. The quantitative estimate of drug-likeness (QED) is 0.662. The monoisotopic (exact) mass is 221 g/mol. The molecule has 14 heavy (non-hydrogen) atoms. The third-order valence-electron chi connectivity index (χ3n) is 2.54. The Morgan fingerprint density at radius 3 is 2.21 bits per heavy atom. The van der Waals surface area contributed by atoms with Crippen LogP contribution in [0.4, 0.5) is 0 Å². The highest BCUT2D eigenvalue weighted by Crippen LogP contribution is 2.00. The summed E-state index contributed by atoms with van der Waals surface area (Å²) in [6, 6.07) is 0.458. The predicted octanol–water partition coefficient (Wildman–Crippen LogP) is 1.45. The first-order valence-electron chi connectivity index (χ1n) is 5.33. The zero-order valence-corrected chi connectivity index (χ0v) is 10.5. The Hall–Kier alpha value is -0.0900. The molecule has 0 fully saturated rings. The first kappa shape index (κ1) is 13.9. The van der Waals surface area contributed by atoms with E-state index in [9.17, 15) is 8.42 Å². The standard InChI is InChI=1S/C10H23NO2S/c1-5-14(12,13)8-6-7-11-10(4)9(2)3/h9-11H,5-8H2,1-4H3. The van der Waals surface area contributed by atoms with E-state index in [0.29, 0.717) is 24.1 Å². The Bertz CT molecular complexity index is 235. The van der Waals surface area contributed by atoms with Crippen molar-refractivity contribution in [2.45, 2.75) is 40.2 Å². The fraction of sp³-hybridized carbons (Fsp3) is 1.00. The van der Waals surface area contributed by atoms with Gasteiger partial charge in [-0.25, -0.2) is 8.42 Å². The van der Waals surface area contributed by atoms with Crippen molar-refractivity contribution in [3.63, 3.8) is 0 Å². The second-order valence-corrected chi connectivity index (χ2v) is 6.55. The predicted molar refractivity (Wildman–Crippen MR) is 61.2 cm³/mol. The molecule has 0 aromatic rings. The van der Waals surface area contributed by atoms with Gasteiger partial charge in [0.2, 0.25) is 0 Å². The molecule has 0 aliphatic heterocycles. The second-order valence-electron chi connectivity index (χ2n) is 4.08. The second kappa shape index (κ2) is 6.40. The highest BCUT2D eigenvalue weighted by atomic mass is 32.2. The van der Waals surface area contributed by atoms with Gasteiger partial charge in [-0.1, -0.05) is 20.8 Å². The van der Waals surface area contributed by atoms with Crippen LogP contribution < -0.4 is 5.32 Å². The molecule has 0 amide bonds. The minimum absolute atomic E-state index is 0.257. The summed E-state index contributed by atoms with van der Waals surface area (Å²) in [5.41, 5.74) is 0. The van der Waals surface area contributed by atoms with E-state index < -0.39 is 9.84 Å². The lowest BCUT2D eigenvalue weighted by molar-refractivity contribution is 0.428. The molecular weight excluding hydrogens is 198 g/mol. The van der Waals surface area contributed by atoms with Crippen molar-refractivity contribution in [2.75, 3.05) is 18.1 Å². The van der Waals surface area contributed by atoms with Crippen molar-refractivity contribution in [1.29, 1.82) is 0 Å². The van der Waals surface area contributed by atoms with Crippen LogP contribution in [0.3, 0.4) is 0 Å². The largest absolute Gasteiger partial charge is 0.314 e. The smallest absolute Gasteiger partial charge is 0.150 e. The zero-order valence-electron chi connectivity index (χ0n) is 9.71. The molecule has 0 saturated carbocycles. The highest BCUT2D eigenvalue weighted by molar-refractivity contribution is 7.91. The molecular formula is C10H23NO2S. The summed E-state index contributed by atoms with van der Waals surface area (Å²) in [4.78, 5) is 0. The van der Waals surface area contributed by atoms with Gasteiger partial charge in [0.1, 0.15) is 9.84 Å². The minimum Gasteiger partial charge on any atom is -0.314 e. The molecule has 1 N–H and O–H groups in total. The average Bonchev–Trinajstić information content (AvgIpc) is 2.12. The number of hydrogen-bond acceptors (Lipinski definition) is 3. The third kappa shape index (κ3) is 6.38. The van der Waals surface area contributed by atoms with Gasteiger partial charge in [-0.15, -0.1) is 0 Å². The Labute approximate surface area is 88.2 Å². The molecule has 0 bridgehead atoms. The molecule has 0 radical (unpaired) electrons. The topological polar surface area (TPSA) is 46.2 Å². The summed E-state index contributed by atoms with van der Waals surface area (Å²) in [6.45, 7) is 8.91. The number of rotatable bonds is 7. The highest BCUT2D eigenvalue weighted by Gasteiger charge is 2.08. The summed E-state index contributed by atoms with van der Waals surface area (Å²) >= 11 is 0. The van der Waals surface area contributed by atoms with Gasteiger partial charge in [-0.05, 0) is 25.8 Å². The maximum absolute atomic E-state index is 11.2. The maximum atomic E-state index is 11.2. The average molecular weight is 221 g/mol. The van der Waals surface area contributed by atoms with Gasteiger partial charge in [0.15, 0.2) is 0 Å². The maximum Gasteiger partial charge on any atom is 0.150 e. The Balaban J connectivity index is 3.57. The summed E-state index contributed by atoms with van der Waals surface area (Å²) in [5, 5.41) is 3.31. The Morgan fingerprint density at radius 1 is 1.21 bits per heavy atom. The van der Waals surface area contributed by atoms with Gasteiger partial charge >= 0.3 is 0 Å². The number of sulfone groups is 1. The molecule has 0 rings (SSSR count). The van der Waals surface area contributed by atoms with E-state index in [2.05, 4.69) is 26.1 Å². The molecule has 1 unspecified atom stereocenters. The van der Waals surface area contributed by atoms with Gasteiger partial charge in [-0.2, -0.15) is 0 Å². The third-order valence-corrected chi connectivity index (χ3v) is 4.33. The fourth-order valence-electron chi connectivity index (χ4n) is 1.00. The lowest BCUT2D eigenvalue weighted by Crippen LogP contribution is -2.32. The first-order valence-corrected chi connectivity index (χ1v) is 7.15. The molecule has 0 heterocycles. The van der Waals surface area contributed by atoms with E-state index in [4.69, 9.17) is 0 Å². The van der Waals surface area contributed by atoms with E-state index in [1.807, 2.05) is 0 Å². The fourth-order valence-corrected chi connectivity index (χ4v) is 1.87. The SMILES string of the molecule is CCS(=O)(=O)CCCNC(C)C(C)C. The van der Waals surface area contributed by atoms with E-state index in [1.54, 1.807) is 6.92 Å². The van der Waals surface area contributed by atoms with Gasteiger partial charge < -0.3 is 5.32 Å². The van der Waals surface area contributed by atoms with E-state index in [0.717, 1.165) is 6.54 Å². The van der Waals surface area contributed by atoms with Crippen LogP contribution in [0.5, 0.6) is 0 Å². The van der Waals surface area contributed by atoms with Crippen LogP contribution in [-0.4, -0.2) is 32.5 Å². The van der Waals surface area contributed by atoms with Crippen molar-refractivity contribution in [1.82, 2.24) is 5.32 Å². The molecule has 4 heteroatoms.